The number of nitrogens with one attached hydrogen (secondary N) is 1. The van der Waals surface area contributed by atoms with Gasteiger partial charge in [-0.05, 0) is 38.3 Å². The number of likely N-dealkylation sites (N-methyl/N-ethyl adjacent to an activating group) is 1. The van der Waals surface area contributed by atoms with Crippen molar-refractivity contribution in [2.24, 2.45) is 0 Å². The molecule has 0 aliphatic carbocycles. The van der Waals surface area contributed by atoms with Crippen LogP contribution in [0.2, 0.25) is 0 Å². The Labute approximate surface area is 105 Å². The molecule has 2 nitrogen and oxygen atoms in total. The van der Waals surface area contributed by atoms with E-state index in [9.17, 15) is 0 Å². The summed E-state index contributed by atoms with van der Waals surface area (Å²) < 4.78 is 5.30. The third-order valence-corrected chi connectivity index (χ3v) is 3.14. The summed E-state index contributed by atoms with van der Waals surface area (Å²) >= 11 is 0. The summed E-state index contributed by atoms with van der Waals surface area (Å²) in [6, 6.07) is 11.2. The fourth-order valence-electron chi connectivity index (χ4n) is 2.02. The van der Waals surface area contributed by atoms with E-state index in [-0.39, 0.29) is 0 Å². The maximum atomic E-state index is 5.30. The zero-order chi connectivity index (χ0) is 12.5. The zero-order valence-corrected chi connectivity index (χ0v) is 11.3. The molecule has 0 aromatic heterocycles. The molecule has 1 aromatic carbocycles. The molecule has 0 saturated carbocycles. The molecule has 1 aromatic rings. The van der Waals surface area contributed by atoms with E-state index >= 15 is 0 Å². The van der Waals surface area contributed by atoms with Crippen molar-refractivity contribution in [2.45, 2.75) is 45.3 Å². The SMILES string of the molecule is CCNC(CCC(C)OC)Cc1ccccc1. The van der Waals surface area contributed by atoms with Gasteiger partial charge in [0.15, 0.2) is 0 Å². The van der Waals surface area contributed by atoms with Crippen molar-refractivity contribution in [3.63, 3.8) is 0 Å². The lowest BCUT2D eigenvalue weighted by atomic mass is 10.0. The first-order valence-corrected chi connectivity index (χ1v) is 6.56. The summed E-state index contributed by atoms with van der Waals surface area (Å²) in [5, 5.41) is 3.55. The lowest BCUT2D eigenvalue weighted by Crippen LogP contribution is -2.31. The van der Waals surface area contributed by atoms with Gasteiger partial charge in [-0.1, -0.05) is 37.3 Å². The second kappa shape index (κ2) is 8.26. The zero-order valence-electron chi connectivity index (χ0n) is 11.3. The maximum Gasteiger partial charge on any atom is 0.0543 e. The molecule has 0 bridgehead atoms. The van der Waals surface area contributed by atoms with E-state index in [0.29, 0.717) is 12.1 Å². The Hall–Kier alpha value is -0.860. The molecule has 2 unspecified atom stereocenters. The van der Waals surface area contributed by atoms with E-state index in [1.54, 1.807) is 7.11 Å². The molecule has 2 atom stereocenters. The van der Waals surface area contributed by atoms with Gasteiger partial charge in [-0.25, -0.2) is 0 Å². The van der Waals surface area contributed by atoms with Crippen LogP contribution in [0.1, 0.15) is 32.3 Å². The van der Waals surface area contributed by atoms with Gasteiger partial charge in [0.2, 0.25) is 0 Å². The second-order valence-electron chi connectivity index (χ2n) is 4.57. The van der Waals surface area contributed by atoms with Crippen LogP contribution in [0.3, 0.4) is 0 Å². The molecular formula is C15H25NO. The molecule has 2 heteroatoms. The van der Waals surface area contributed by atoms with E-state index in [1.165, 1.54) is 5.56 Å². The van der Waals surface area contributed by atoms with Crippen LogP contribution in [0.25, 0.3) is 0 Å². The van der Waals surface area contributed by atoms with Crippen molar-refractivity contribution in [1.29, 1.82) is 0 Å². The van der Waals surface area contributed by atoms with Gasteiger partial charge in [0.25, 0.3) is 0 Å². The Morgan fingerprint density at radius 1 is 1.18 bits per heavy atom. The molecule has 96 valence electrons. The van der Waals surface area contributed by atoms with Crippen LogP contribution in [0, 0.1) is 0 Å². The Kier molecular flexibility index (Phi) is 6.90. The third-order valence-electron chi connectivity index (χ3n) is 3.14. The van der Waals surface area contributed by atoms with Gasteiger partial charge in [-0.15, -0.1) is 0 Å². The summed E-state index contributed by atoms with van der Waals surface area (Å²) in [4.78, 5) is 0. The number of hydrogen-bond acceptors (Lipinski definition) is 2. The molecule has 0 saturated heterocycles. The quantitative estimate of drug-likeness (QED) is 0.748. The highest BCUT2D eigenvalue weighted by Crippen LogP contribution is 2.10. The van der Waals surface area contributed by atoms with Crippen LogP contribution in [0.5, 0.6) is 0 Å². The predicted molar refractivity (Wildman–Crippen MR) is 73.3 cm³/mol. The van der Waals surface area contributed by atoms with Gasteiger partial charge in [0.05, 0.1) is 6.10 Å². The van der Waals surface area contributed by atoms with Crippen molar-refractivity contribution >= 4 is 0 Å². The fraction of sp³-hybridized carbons (Fsp3) is 0.600. The molecule has 0 spiro atoms. The smallest absolute Gasteiger partial charge is 0.0543 e. The van der Waals surface area contributed by atoms with Gasteiger partial charge in [-0.2, -0.15) is 0 Å². The van der Waals surface area contributed by atoms with Crippen LogP contribution in [-0.4, -0.2) is 25.8 Å². The Morgan fingerprint density at radius 3 is 2.47 bits per heavy atom. The number of rotatable bonds is 8. The minimum absolute atomic E-state index is 0.354. The average molecular weight is 235 g/mol. The molecule has 0 heterocycles. The van der Waals surface area contributed by atoms with E-state index in [4.69, 9.17) is 4.74 Å². The first-order chi connectivity index (χ1) is 8.26. The summed E-state index contributed by atoms with van der Waals surface area (Å²) in [5.74, 6) is 0. The molecule has 0 aliphatic heterocycles. The standard InChI is InChI=1S/C15H25NO/c1-4-16-15(11-10-13(2)17-3)12-14-8-6-5-7-9-14/h5-9,13,15-16H,4,10-12H2,1-3H3. The van der Waals surface area contributed by atoms with Crippen LogP contribution in [0.4, 0.5) is 0 Å². The van der Waals surface area contributed by atoms with Crippen LogP contribution >= 0.6 is 0 Å². The van der Waals surface area contributed by atoms with Crippen molar-refractivity contribution in [2.75, 3.05) is 13.7 Å². The predicted octanol–water partition coefficient (Wildman–Crippen LogP) is 3.02. The number of benzene rings is 1. The second-order valence-corrected chi connectivity index (χ2v) is 4.57. The molecule has 0 radical (unpaired) electrons. The van der Waals surface area contributed by atoms with Crippen LogP contribution in [0.15, 0.2) is 30.3 Å². The van der Waals surface area contributed by atoms with Crippen LogP contribution in [-0.2, 0) is 11.2 Å². The van der Waals surface area contributed by atoms with Crippen molar-refractivity contribution in [3.05, 3.63) is 35.9 Å². The molecule has 1 rings (SSSR count). The van der Waals surface area contributed by atoms with Gasteiger partial charge < -0.3 is 10.1 Å². The molecule has 0 fully saturated rings. The Balaban J connectivity index is 2.43. The average Bonchev–Trinajstić information content (AvgIpc) is 2.37. The Bertz CT molecular complexity index is 286. The Morgan fingerprint density at radius 2 is 1.88 bits per heavy atom. The van der Waals surface area contributed by atoms with Gasteiger partial charge in [0, 0.05) is 13.2 Å². The van der Waals surface area contributed by atoms with E-state index < -0.39 is 0 Å². The third kappa shape index (κ3) is 5.85. The largest absolute Gasteiger partial charge is 0.382 e. The molecule has 0 amide bonds. The first-order valence-electron chi connectivity index (χ1n) is 6.56. The summed E-state index contributed by atoms with van der Waals surface area (Å²) in [6.45, 7) is 5.32. The highest BCUT2D eigenvalue weighted by atomic mass is 16.5. The van der Waals surface area contributed by atoms with Crippen molar-refractivity contribution in [3.8, 4) is 0 Å². The van der Waals surface area contributed by atoms with Gasteiger partial charge in [-0.3, -0.25) is 0 Å². The van der Waals surface area contributed by atoms with Crippen molar-refractivity contribution in [1.82, 2.24) is 5.32 Å². The van der Waals surface area contributed by atoms with E-state index in [0.717, 1.165) is 25.8 Å². The summed E-state index contributed by atoms with van der Waals surface area (Å²) in [5.41, 5.74) is 1.41. The normalized spacial score (nSPS) is 14.5. The maximum absolute atomic E-state index is 5.30. The molecule has 1 N–H and O–H groups in total. The van der Waals surface area contributed by atoms with Crippen molar-refractivity contribution < 1.29 is 4.74 Å². The number of methoxy groups -OCH3 is 1. The highest BCUT2D eigenvalue weighted by Gasteiger charge is 2.10. The van der Waals surface area contributed by atoms with E-state index in [2.05, 4.69) is 49.5 Å². The lowest BCUT2D eigenvalue weighted by molar-refractivity contribution is 0.106. The molecule has 17 heavy (non-hydrogen) atoms. The van der Waals surface area contributed by atoms with Gasteiger partial charge in [0.1, 0.15) is 0 Å². The minimum Gasteiger partial charge on any atom is -0.382 e. The van der Waals surface area contributed by atoms with E-state index in [1.807, 2.05) is 0 Å². The number of ether oxygens (including phenoxy) is 1. The number of hydrogen-bond donors (Lipinski definition) is 1. The molecular weight excluding hydrogens is 210 g/mol. The van der Waals surface area contributed by atoms with Crippen LogP contribution < -0.4 is 5.32 Å². The summed E-state index contributed by atoms with van der Waals surface area (Å²) in [7, 11) is 1.78. The first kappa shape index (κ1) is 14.2. The monoisotopic (exact) mass is 235 g/mol. The highest BCUT2D eigenvalue weighted by molar-refractivity contribution is 5.15. The summed E-state index contributed by atoms with van der Waals surface area (Å²) in [6.07, 6.45) is 3.73. The molecule has 0 aliphatic rings. The lowest BCUT2D eigenvalue weighted by Gasteiger charge is -2.19. The fourth-order valence-corrected chi connectivity index (χ4v) is 2.02. The topological polar surface area (TPSA) is 21.3 Å². The van der Waals surface area contributed by atoms with Gasteiger partial charge >= 0.3 is 0 Å². The minimum atomic E-state index is 0.354.